The third-order valence-corrected chi connectivity index (χ3v) is 5.59. The summed E-state index contributed by atoms with van der Waals surface area (Å²) in [5.74, 6) is 1.08. The number of rotatable bonds is 9. The molecule has 0 radical (unpaired) electrons. The lowest BCUT2D eigenvalue weighted by atomic mass is 10.1. The van der Waals surface area contributed by atoms with Gasteiger partial charge in [-0.3, -0.25) is 9.59 Å². The van der Waals surface area contributed by atoms with Crippen LogP contribution in [0.25, 0.3) is 0 Å². The molecule has 0 atom stereocenters. The molecule has 32 heavy (non-hydrogen) atoms. The molecule has 0 bridgehead atoms. The van der Waals surface area contributed by atoms with Crippen molar-refractivity contribution in [1.29, 1.82) is 0 Å². The van der Waals surface area contributed by atoms with E-state index in [1.807, 2.05) is 43.5 Å². The SMILES string of the molecule is CCn1c(CC(=O)Nc2cccc(OC)c2)nnc1SCC(=O)Nc1cc(C)cc(C)c1. The molecule has 0 spiro atoms. The lowest BCUT2D eigenvalue weighted by molar-refractivity contribution is -0.116. The number of nitrogens with one attached hydrogen (secondary N) is 2. The maximum atomic E-state index is 12.5. The maximum Gasteiger partial charge on any atom is 0.234 e. The summed E-state index contributed by atoms with van der Waals surface area (Å²) in [6, 6.07) is 13.1. The first kappa shape index (κ1) is 23.3. The van der Waals surface area contributed by atoms with Crippen LogP contribution in [-0.4, -0.2) is 39.4 Å². The van der Waals surface area contributed by atoms with Gasteiger partial charge in [-0.15, -0.1) is 10.2 Å². The van der Waals surface area contributed by atoms with Gasteiger partial charge in [0.15, 0.2) is 5.16 Å². The monoisotopic (exact) mass is 453 g/mol. The van der Waals surface area contributed by atoms with Crippen LogP contribution in [0.5, 0.6) is 5.75 Å². The molecule has 0 aliphatic rings. The van der Waals surface area contributed by atoms with Crippen molar-refractivity contribution < 1.29 is 14.3 Å². The van der Waals surface area contributed by atoms with Gasteiger partial charge in [-0.05, 0) is 56.2 Å². The number of aryl methyl sites for hydroxylation is 2. The predicted octanol–water partition coefficient (Wildman–Crippen LogP) is 3.84. The van der Waals surface area contributed by atoms with Gasteiger partial charge in [0.1, 0.15) is 11.6 Å². The van der Waals surface area contributed by atoms with Gasteiger partial charge in [-0.2, -0.15) is 0 Å². The van der Waals surface area contributed by atoms with Crippen LogP contribution in [0.3, 0.4) is 0 Å². The highest BCUT2D eigenvalue weighted by atomic mass is 32.2. The van der Waals surface area contributed by atoms with Crippen LogP contribution in [-0.2, 0) is 22.6 Å². The average molecular weight is 454 g/mol. The summed E-state index contributed by atoms with van der Waals surface area (Å²) >= 11 is 1.29. The number of anilines is 2. The Hall–Kier alpha value is -3.33. The fourth-order valence-electron chi connectivity index (χ4n) is 3.30. The van der Waals surface area contributed by atoms with E-state index in [-0.39, 0.29) is 24.0 Å². The van der Waals surface area contributed by atoms with E-state index in [0.717, 1.165) is 16.8 Å². The van der Waals surface area contributed by atoms with E-state index in [1.165, 1.54) is 11.8 Å². The molecule has 2 N–H and O–H groups in total. The topological polar surface area (TPSA) is 98.1 Å². The number of carbonyl (C=O) groups excluding carboxylic acids is 2. The molecule has 8 nitrogen and oxygen atoms in total. The van der Waals surface area contributed by atoms with Crippen molar-refractivity contribution in [3.05, 3.63) is 59.4 Å². The number of ether oxygens (including phenoxy) is 1. The van der Waals surface area contributed by atoms with E-state index in [0.29, 0.717) is 29.0 Å². The highest BCUT2D eigenvalue weighted by Gasteiger charge is 2.16. The Morgan fingerprint density at radius 2 is 1.72 bits per heavy atom. The highest BCUT2D eigenvalue weighted by Crippen LogP contribution is 2.20. The molecule has 0 aliphatic heterocycles. The van der Waals surface area contributed by atoms with Crippen LogP contribution < -0.4 is 15.4 Å². The Bertz CT molecular complexity index is 1090. The number of carbonyl (C=O) groups is 2. The Morgan fingerprint density at radius 1 is 1.00 bits per heavy atom. The van der Waals surface area contributed by atoms with Crippen LogP contribution in [0.2, 0.25) is 0 Å². The number of aromatic nitrogens is 3. The van der Waals surface area contributed by atoms with Gasteiger partial charge < -0.3 is 19.9 Å². The summed E-state index contributed by atoms with van der Waals surface area (Å²) in [5, 5.41) is 14.7. The first-order chi connectivity index (χ1) is 15.4. The average Bonchev–Trinajstić information content (AvgIpc) is 3.12. The standard InChI is InChI=1S/C23H27N5O3S/c1-5-28-20(13-21(29)24-17-7-6-8-19(12-17)31-4)26-27-23(28)32-14-22(30)25-18-10-15(2)9-16(3)11-18/h6-12H,5,13-14H2,1-4H3,(H,24,29)(H,25,30). The molecule has 2 aromatic carbocycles. The van der Waals surface area contributed by atoms with Crippen molar-refractivity contribution in [1.82, 2.24) is 14.8 Å². The van der Waals surface area contributed by atoms with Crippen molar-refractivity contribution in [3.8, 4) is 5.75 Å². The molecule has 0 saturated heterocycles. The molecule has 0 aliphatic carbocycles. The molecule has 1 heterocycles. The van der Waals surface area contributed by atoms with E-state index < -0.39 is 0 Å². The van der Waals surface area contributed by atoms with E-state index in [2.05, 4.69) is 26.9 Å². The van der Waals surface area contributed by atoms with Crippen LogP contribution in [0.4, 0.5) is 11.4 Å². The molecule has 3 aromatic rings. The Labute approximate surface area is 191 Å². The smallest absolute Gasteiger partial charge is 0.234 e. The van der Waals surface area contributed by atoms with Gasteiger partial charge in [0.25, 0.3) is 0 Å². The number of hydrogen-bond donors (Lipinski definition) is 2. The summed E-state index contributed by atoms with van der Waals surface area (Å²) < 4.78 is 7.02. The summed E-state index contributed by atoms with van der Waals surface area (Å²) in [7, 11) is 1.58. The van der Waals surface area contributed by atoms with Crippen LogP contribution in [0.1, 0.15) is 23.9 Å². The lowest BCUT2D eigenvalue weighted by Crippen LogP contribution is -2.18. The third kappa shape index (κ3) is 6.34. The minimum absolute atomic E-state index is 0.0768. The third-order valence-electron chi connectivity index (χ3n) is 4.62. The minimum atomic E-state index is -0.204. The minimum Gasteiger partial charge on any atom is -0.497 e. The summed E-state index contributed by atoms with van der Waals surface area (Å²) in [6.07, 6.45) is 0.0768. The number of hydrogen-bond acceptors (Lipinski definition) is 6. The van der Waals surface area contributed by atoms with Gasteiger partial charge in [0.2, 0.25) is 11.8 Å². The van der Waals surface area contributed by atoms with Crippen molar-refractivity contribution in [2.45, 2.75) is 38.9 Å². The number of thioether (sulfide) groups is 1. The van der Waals surface area contributed by atoms with Crippen LogP contribution in [0.15, 0.2) is 47.6 Å². The number of methoxy groups -OCH3 is 1. The zero-order valence-corrected chi connectivity index (χ0v) is 19.5. The first-order valence-electron chi connectivity index (χ1n) is 10.2. The quantitative estimate of drug-likeness (QED) is 0.478. The predicted molar refractivity (Wildman–Crippen MR) is 126 cm³/mol. The van der Waals surface area contributed by atoms with E-state index in [9.17, 15) is 9.59 Å². The Morgan fingerprint density at radius 3 is 2.41 bits per heavy atom. The second-order valence-corrected chi connectivity index (χ2v) is 8.26. The second-order valence-electron chi connectivity index (χ2n) is 7.31. The molecule has 168 valence electrons. The molecule has 0 unspecified atom stereocenters. The Kier molecular flexibility index (Phi) is 7.88. The van der Waals surface area contributed by atoms with E-state index >= 15 is 0 Å². The summed E-state index contributed by atoms with van der Waals surface area (Å²) in [5.41, 5.74) is 3.61. The molecule has 0 saturated carbocycles. The fraction of sp³-hybridized carbons (Fsp3) is 0.304. The molecule has 2 amide bonds. The Balaban J connectivity index is 1.59. The van der Waals surface area contributed by atoms with Gasteiger partial charge in [0, 0.05) is 24.0 Å². The normalized spacial score (nSPS) is 10.6. The van der Waals surface area contributed by atoms with Gasteiger partial charge in [-0.25, -0.2) is 0 Å². The van der Waals surface area contributed by atoms with Gasteiger partial charge >= 0.3 is 0 Å². The molecule has 9 heteroatoms. The second kappa shape index (κ2) is 10.8. The number of benzene rings is 2. The number of amides is 2. The van der Waals surface area contributed by atoms with Crippen molar-refractivity contribution in [3.63, 3.8) is 0 Å². The van der Waals surface area contributed by atoms with Crippen molar-refractivity contribution in [2.75, 3.05) is 23.5 Å². The van der Waals surface area contributed by atoms with E-state index in [4.69, 9.17) is 4.74 Å². The fourth-order valence-corrected chi connectivity index (χ4v) is 4.12. The van der Waals surface area contributed by atoms with Crippen molar-refractivity contribution in [2.24, 2.45) is 0 Å². The largest absolute Gasteiger partial charge is 0.497 e. The van der Waals surface area contributed by atoms with Crippen LogP contribution in [0, 0.1) is 13.8 Å². The zero-order valence-electron chi connectivity index (χ0n) is 18.6. The number of nitrogens with zero attached hydrogens (tertiary/aromatic N) is 3. The first-order valence-corrected chi connectivity index (χ1v) is 11.2. The molecule has 0 fully saturated rings. The maximum absolute atomic E-state index is 12.5. The highest BCUT2D eigenvalue weighted by molar-refractivity contribution is 7.99. The molecular formula is C23H27N5O3S. The van der Waals surface area contributed by atoms with Gasteiger partial charge in [0.05, 0.1) is 19.3 Å². The zero-order chi connectivity index (χ0) is 23.1. The van der Waals surface area contributed by atoms with Crippen molar-refractivity contribution >= 4 is 35.0 Å². The summed E-state index contributed by atoms with van der Waals surface area (Å²) in [6.45, 7) is 6.53. The molecular weight excluding hydrogens is 426 g/mol. The molecule has 1 aromatic heterocycles. The summed E-state index contributed by atoms with van der Waals surface area (Å²) in [4.78, 5) is 24.9. The van der Waals surface area contributed by atoms with Crippen LogP contribution >= 0.6 is 11.8 Å². The lowest BCUT2D eigenvalue weighted by Gasteiger charge is -2.09. The van der Waals surface area contributed by atoms with Gasteiger partial charge in [-0.1, -0.05) is 23.9 Å². The molecule has 3 rings (SSSR count). The van der Waals surface area contributed by atoms with E-state index in [1.54, 1.807) is 25.3 Å².